The van der Waals surface area contributed by atoms with Gasteiger partial charge >= 0.3 is 0 Å². The lowest BCUT2D eigenvalue weighted by atomic mass is 10.2. The predicted molar refractivity (Wildman–Crippen MR) is 51.5 cm³/mol. The highest BCUT2D eigenvalue weighted by atomic mass is 32.1. The van der Waals surface area contributed by atoms with Crippen LogP contribution < -0.4 is 5.73 Å². The number of nitrogen functional groups attached to an aromatic ring is 1. The van der Waals surface area contributed by atoms with Crippen LogP contribution in [0.2, 0.25) is 0 Å². The minimum atomic E-state index is -0.430. The first-order valence-corrected chi connectivity index (χ1v) is 4.02. The number of halogens is 1. The summed E-state index contributed by atoms with van der Waals surface area (Å²) in [6.07, 6.45) is 0. The molecule has 0 aliphatic carbocycles. The number of rotatable bonds is 0. The van der Waals surface area contributed by atoms with Gasteiger partial charge in [-0.2, -0.15) is 12.6 Å². The Morgan fingerprint density at radius 1 is 1.50 bits per heavy atom. The fourth-order valence-corrected chi connectivity index (χ4v) is 0.826. The van der Waals surface area contributed by atoms with Gasteiger partial charge in [0.2, 0.25) is 0 Å². The Bertz CT molecular complexity index is 338. The molecule has 1 nitrogen and oxygen atoms in total. The maximum absolute atomic E-state index is 12.8. The molecule has 1 aromatic rings. The Kier molecular flexibility index (Phi) is 3.01. The van der Waals surface area contributed by atoms with Crippen LogP contribution in [0.5, 0.6) is 0 Å². The van der Waals surface area contributed by atoms with Crippen LogP contribution in [0.15, 0.2) is 18.2 Å². The Morgan fingerprint density at radius 2 is 2.25 bits per heavy atom. The quantitative estimate of drug-likeness (QED) is 0.355. The highest BCUT2D eigenvalue weighted by molar-refractivity contribution is 7.80. The van der Waals surface area contributed by atoms with E-state index in [1.807, 2.05) is 0 Å². The van der Waals surface area contributed by atoms with Crippen molar-refractivity contribution >= 4 is 18.3 Å². The third-order valence-electron chi connectivity index (χ3n) is 1.31. The van der Waals surface area contributed by atoms with Crippen molar-refractivity contribution < 1.29 is 4.39 Å². The van der Waals surface area contributed by atoms with Gasteiger partial charge in [0.1, 0.15) is 5.82 Å². The number of anilines is 1. The van der Waals surface area contributed by atoms with E-state index in [2.05, 4.69) is 24.5 Å². The molecule has 1 rings (SSSR count). The monoisotopic (exact) mass is 181 g/mol. The smallest absolute Gasteiger partial charge is 0.147 e. The summed E-state index contributed by atoms with van der Waals surface area (Å²) in [6.45, 7) is 0. The van der Waals surface area contributed by atoms with E-state index in [4.69, 9.17) is 5.73 Å². The van der Waals surface area contributed by atoms with Crippen LogP contribution >= 0.6 is 12.6 Å². The number of nitrogens with two attached hydrogens (primary N) is 1. The summed E-state index contributed by atoms with van der Waals surface area (Å²) in [6, 6.07) is 4.48. The first kappa shape index (κ1) is 8.95. The van der Waals surface area contributed by atoms with Crippen LogP contribution in [0.25, 0.3) is 0 Å². The van der Waals surface area contributed by atoms with Crippen LogP contribution in [-0.2, 0) is 0 Å². The van der Waals surface area contributed by atoms with Gasteiger partial charge in [-0.1, -0.05) is 11.8 Å². The van der Waals surface area contributed by atoms with Crippen LogP contribution in [0.3, 0.4) is 0 Å². The molecule has 0 fully saturated rings. The van der Waals surface area contributed by atoms with Crippen LogP contribution in [0, 0.1) is 17.7 Å². The molecule has 62 valence electrons. The van der Waals surface area contributed by atoms with E-state index in [1.165, 1.54) is 12.1 Å². The Labute approximate surface area is 76.2 Å². The fraction of sp³-hybridized carbons (Fsp3) is 0.111. The number of hydrogen-bond acceptors (Lipinski definition) is 2. The molecule has 0 atom stereocenters. The zero-order valence-corrected chi connectivity index (χ0v) is 7.24. The summed E-state index contributed by atoms with van der Waals surface area (Å²) in [7, 11) is 0. The molecule has 0 aliphatic heterocycles. The Balaban J connectivity index is 2.97. The maximum atomic E-state index is 12.8. The molecule has 0 saturated heterocycles. The average Bonchev–Trinajstić information content (AvgIpc) is 2.07. The second kappa shape index (κ2) is 4.03. The van der Waals surface area contributed by atoms with Gasteiger partial charge in [0, 0.05) is 5.56 Å². The van der Waals surface area contributed by atoms with E-state index in [-0.39, 0.29) is 5.69 Å². The molecule has 2 N–H and O–H groups in total. The lowest BCUT2D eigenvalue weighted by Gasteiger charge is -1.95. The molecule has 0 spiro atoms. The van der Waals surface area contributed by atoms with Crippen molar-refractivity contribution in [3.63, 3.8) is 0 Å². The van der Waals surface area contributed by atoms with E-state index >= 15 is 0 Å². The van der Waals surface area contributed by atoms with Gasteiger partial charge in [-0.05, 0) is 18.2 Å². The molecular weight excluding hydrogens is 173 g/mol. The van der Waals surface area contributed by atoms with Gasteiger partial charge in [-0.3, -0.25) is 0 Å². The second-order valence-corrected chi connectivity index (χ2v) is 2.51. The summed E-state index contributed by atoms with van der Waals surface area (Å²) in [5.41, 5.74) is 6.04. The van der Waals surface area contributed by atoms with Gasteiger partial charge in [0.15, 0.2) is 0 Å². The number of hydrogen-bond donors (Lipinski definition) is 2. The SMILES string of the molecule is Nc1ccc(C#CCS)cc1F. The third kappa shape index (κ3) is 2.18. The maximum Gasteiger partial charge on any atom is 0.147 e. The van der Waals surface area contributed by atoms with Crippen molar-refractivity contribution in [2.45, 2.75) is 0 Å². The summed E-state index contributed by atoms with van der Waals surface area (Å²) in [5, 5.41) is 0. The molecule has 3 heteroatoms. The molecule has 0 unspecified atom stereocenters. The van der Waals surface area contributed by atoms with Crippen molar-refractivity contribution in [2.75, 3.05) is 11.5 Å². The minimum Gasteiger partial charge on any atom is -0.396 e. The summed E-state index contributed by atoms with van der Waals surface area (Å²) in [5.74, 6) is 5.49. The largest absolute Gasteiger partial charge is 0.396 e. The van der Waals surface area contributed by atoms with Gasteiger partial charge in [-0.15, -0.1) is 0 Å². The molecule has 0 saturated carbocycles. The van der Waals surface area contributed by atoms with Gasteiger partial charge in [-0.25, -0.2) is 4.39 Å². The van der Waals surface area contributed by atoms with E-state index in [9.17, 15) is 4.39 Å². The molecule has 12 heavy (non-hydrogen) atoms. The topological polar surface area (TPSA) is 26.0 Å². The van der Waals surface area contributed by atoms with E-state index in [1.54, 1.807) is 6.07 Å². The molecule has 0 amide bonds. The third-order valence-corrected chi connectivity index (χ3v) is 1.47. The Morgan fingerprint density at radius 3 is 2.83 bits per heavy atom. The zero-order chi connectivity index (χ0) is 8.97. The van der Waals surface area contributed by atoms with Gasteiger partial charge < -0.3 is 5.73 Å². The van der Waals surface area contributed by atoms with Crippen LogP contribution in [0.4, 0.5) is 10.1 Å². The van der Waals surface area contributed by atoms with Crippen LogP contribution in [-0.4, -0.2) is 5.75 Å². The van der Waals surface area contributed by atoms with Crippen molar-refractivity contribution in [2.24, 2.45) is 0 Å². The molecule has 0 bridgehead atoms. The van der Waals surface area contributed by atoms with E-state index in [0.29, 0.717) is 11.3 Å². The molecule has 0 heterocycles. The first-order valence-electron chi connectivity index (χ1n) is 3.39. The second-order valence-electron chi connectivity index (χ2n) is 2.20. The summed E-state index contributed by atoms with van der Waals surface area (Å²) < 4.78 is 12.8. The zero-order valence-electron chi connectivity index (χ0n) is 6.34. The van der Waals surface area contributed by atoms with Gasteiger partial charge in [0.25, 0.3) is 0 Å². The lowest BCUT2D eigenvalue weighted by molar-refractivity contribution is 0.632. The molecule has 1 aromatic carbocycles. The first-order chi connectivity index (χ1) is 5.74. The molecule has 0 aliphatic rings. The summed E-state index contributed by atoms with van der Waals surface area (Å²) in [4.78, 5) is 0. The Hall–Kier alpha value is -1.14. The fourth-order valence-electron chi connectivity index (χ4n) is 0.746. The van der Waals surface area contributed by atoms with Gasteiger partial charge in [0.05, 0.1) is 11.4 Å². The highest BCUT2D eigenvalue weighted by Crippen LogP contribution is 2.10. The molecular formula is C9H8FNS. The minimum absolute atomic E-state index is 0.145. The standard InChI is InChI=1S/C9H8FNS/c10-8-6-7(2-1-5-12)3-4-9(8)11/h3-4,6,12H,5,11H2. The van der Waals surface area contributed by atoms with Crippen molar-refractivity contribution in [3.05, 3.63) is 29.6 Å². The van der Waals surface area contributed by atoms with Crippen molar-refractivity contribution in [1.82, 2.24) is 0 Å². The average molecular weight is 181 g/mol. The number of benzene rings is 1. The lowest BCUT2D eigenvalue weighted by Crippen LogP contribution is -1.90. The van der Waals surface area contributed by atoms with Crippen molar-refractivity contribution in [3.8, 4) is 11.8 Å². The normalized spacial score (nSPS) is 8.83. The predicted octanol–water partition coefficient (Wildman–Crippen LogP) is 1.69. The van der Waals surface area contributed by atoms with E-state index in [0.717, 1.165) is 0 Å². The molecule has 0 aromatic heterocycles. The van der Waals surface area contributed by atoms with Crippen molar-refractivity contribution in [1.29, 1.82) is 0 Å². The summed E-state index contributed by atoms with van der Waals surface area (Å²) >= 11 is 3.91. The molecule has 0 radical (unpaired) electrons. The number of thiol groups is 1. The van der Waals surface area contributed by atoms with Crippen LogP contribution in [0.1, 0.15) is 5.56 Å². The van der Waals surface area contributed by atoms with E-state index < -0.39 is 5.82 Å². The highest BCUT2D eigenvalue weighted by Gasteiger charge is 1.96.